The molecule has 4 nitrogen and oxygen atoms in total. The minimum atomic E-state index is -3.43. The van der Waals surface area contributed by atoms with Crippen molar-refractivity contribution in [3.05, 3.63) is 42.5 Å². The van der Waals surface area contributed by atoms with Gasteiger partial charge in [0.15, 0.2) is 0 Å². The lowest BCUT2D eigenvalue weighted by molar-refractivity contribution is 0.552. The van der Waals surface area contributed by atoms with E-state index in [-0.39, 0.29) is 6.04 Å². The van der Waals surface area contributed by atoms with Crippen LogP contribution in [0.25, 0.3) is 10.8 Å². The molecule has 1 aliphatic heterocycles. The molecule has 1 saturated heterocycles. The van der Waals surface area contributed by atoms with Gasteiger partial charge in [-0.15, -0.1) is 0 Å². The summed E-state index contributed by atoms with van der Waals surface area (Å²) < 4.78 is 27.3. The van der Waals surface area contributed by atoms with Crippen LogP contribution >= 0.6 is 0 Å². The van der Waals surface area contributed by atoms with E-state index in [2.05, 4.69) is 10.0 Å². The van der Waals surface area contributed by atoms with E-state index in [1.807, 2.05) is 30.3 Å². The Hall–Kier alpha value is -1.43. The molecular formula is C15H18N2O2S. The lowest BCUT2D eigenvalue weighted by Crippen LogP contribution is -2.37. The zero-order chi connectivity index (χ0) is 14.0. The maximum atomic E-state index is 12.3. The van der Waals surface area contributed by atoms with Crippen molar-refractivity contribution in [1.82, 2.24) is 10.0 Å². The molecule has 20 heavy (non-hydrogen) atoms. The predicted molar refractivity (Wildman–Crippen MR) is 80.2 cm³/mol. The molecule has 0 amide bonds. The summed E-state index contributed by atoms with van der Waals surface area (Å²) >= 11 is 0. The van der Waals surface area contributed by atoms with Crippen LogP contribution in [0.15, 0.2) is 47.4 Å². The lowest BCUT2D eigenvalue weighted by Gasteiger charge is -2.12. The predicted octanol–water partition coefficient (Wildman–Crippen LogP) is 1.87. The van der Waals surface area contributed by atoms with E-state index in [4.69, 9.17) is 0 Å². The Bertz CT molecular complexity index is 707. The number of hydrogen-bond acceptors (Lipinski definition) is 3. The van der Waals surface area contributed by atoms with Crippen LogP contribution in [-0.2, 0) is 10.0 Å². The van der Waals surface area contributed by atoms with Crippen LogP contribution in [0.3, 0.4) is 0 Å². The Labute approximate surface area is 119 Å². The maximum Gasteiger partial charge on any atom is 0.240 e. The van der Waals surface area contributed by atoms with Gasteiger partial charge >= 0.3 is 0 Å². The SMILES string of the molecule is O=S(=O)(NC[C@H]1CCCN1)c1ccc2ccccc2c1. The fraction of sp³-hybridized carbons (Fsp3) is 0.333. The highest BCUT2D eigenvalue weighted by Gasteiger charge is 2.19. The molecule has 1 fully saturated rings. The molecule has 106 valence electrons. The van der Waals surface area contributed by atoms with E-state index >= 15 is 0 Å². The molecule has 1 heterocycles. The number of fused-ring (bicyclic) bond motifs is 1. The quantitative estimate of drug-likeness (QED) is 0.904. The first-order valence-electron chi connectivity index (χ1n) is 6.87. The third-order valence-corrected chi connectivity index (χ3v) is 5.13. The fourth-order valence-corrected chi connectivity index (χ4v) is 3.68. The summed E-state index contributed by atoms with van der Waals surface area (Å²) in [6.07, 6.45) is 2.14. The van der Waals surface area contributed by atoms with Gasteiger partial charge in [-0.2, -0.15) is 0 Å². The Morgan fingerprint density at radius 2 is 1.95 bits per heavy atom. The molecule has 1 atom stereocenters. The lowest BCUT2D eigenvalue weighted by atomic mass is 10.1. The summed E-state index contributed by atoms with van der Waals surface area (Å²) in [5, 5.41) is 5.27. The van der Waals surface area contributed by atoms with Crippen LogP contribution < -0.4 is 10.0 Å². The highest BCUT2D eigenvalue weighted by atomic mass is 32.2. The largest absolute Gasteiger partial charge is 0.313 e. The number of sulfonamides is 1. The van der Waals surface area contributed by atoms with Gasteiger partial charge in [0.05, 0.1) is 4.90 Å². The number of rotatable bonds is 4. The average Bonchev–Trinajstić information content (AvgIpc) is 2.98. The molecule has 3 rings (SSSR count). The van der Waals surface area contributed by atoms with Gasteiger partial charge in [0.1, 0.15) is 0 Å². The fourth-order valence-electron chi connectivity index (χ4n) is 2.56. The van der Waals surface area contributed by atoms with Gasteiger partial charge in [0.25, 0.3) is 0 Å². The standard InChI is InChI=1S/C15H18N2O2S/c18-20(19,17-11-14-6-3-9-16-14)15-8-7-12-4-1-2-5-13(12)10-15/h1-2,4-5,7-8,10,14,16-17H,3,6,9,11H2/t14-/m1/s1. The van der Waals surface area contributed by atoms with Crippen LogP contribution in [0.1, 0.15) is 12.8 Å². The van der Waals surface area contributed by atoms with Gasteiger partial charge in [-0.05, 0) is 42.3 Å². The van der Waals surface area contributed by atoms with Crippen LogP contribution in [0.5, 0.6) is 0 Å². The summed E-state index contributed by atoms with van der Waals surface area (Å²) in [6, 6.07) is 13.2. The normalized spacial score (nSPS) is 19.5. The molecule has 0 radical (unpaired) electrons. The molecule has 0 aromatic heterocycles. The van der Waals surface area contributed by atoms with E-state index < -0.39 is 10.0 Å². The van der Waals surface area contributed by atoms with E-state index in [1.54, 1.807) is 12.1 Å². The van der Waals surface area contributed by atoms with E-state index in [1.165, 1.54) is 0 Å². The highest BCUT2D eigenvalue weighted by molar-refractivity contribution is 7.89. The topological polar surface area (TPSA) is 58.2 Å². The summed E-state index contributed by atoms with van der Waals surface area (Å²) in [7, 11) is -3.43. The maximum absolute atomic E-state index is 12.3. The van der Waals surface area contributed by atoms with Crippen molar-refractivity contribution in [2.45, 2.75) is 23.8 Å². The zero-order valence-electron chi connectivity index (χ0n) is 11.2. The van der Waals surface area contributed by atoms with Gasteiger partial charge in [-0.1, -0.05) is 30.3 Å². The summed E-state index contributed by atoms with van der Waals surface area (Å²) in [6.45, 7) is 1.43. The van der Waals surface area contributed by atoms with Gasteiger partial charge in [-0.25, -0.2) is 13.1 Å². The molecule has 0 saturated carbocycles. The molecule has 1 aliphatic rings. The van der Waals surface area contributed by atoms with Crippen molar-refractivity contribution in [2.24, 2.45) is 0 Å². The molecule has 5 heteroatoms. The minimum absolute atomic E-state index is 0.255. The third kappa shape index (κ3) is 2.85. The minimum Gasteiger partial charge on any atom is -0.313 e. The van der Waals surface area contributed by atoms with Crippen molar-refractivity contribution in [1.29, 1.82) is 0 Å². The van der Waals surface area contributed by atoms with Crippen LogP contribution in [0.2, 0.25) is 0 Å². The molecule has 0 aliphatic carbocycles. The van der Waals surface area contributed by atoms with Gasteiger partial charge in [-0.3, -0.25) is 0 Å². The van der Waals surface area contributed by atoms with Crippen molar-refractivity contribution in [3.63, 3.8) is 0 Å². The molecule has 2 aromatic carbocycles. The summed E-state index contributed by atoms with van der Waals surface area (Å²) in [5.41, 5.74) is 0. The highest BCUT2D eigenvalue weighted by Crippen LogP contribution is 2.19. The smallest absolute Gasteiger partial charge is 0.240 e. The number of nitrogens with one attached hydrogen (secondary N) is 2. The number of hydrogen-bond donors (Lipinski definition) is 2. The molecule has 0 unspecified atom stereocenters. The Balaban J connectivity index is 1.80. The second-order valence-electron chi connectivity index (χ2n) is 5.15. The van der Waals surface area contributed by atoms with Gasteiger partial charge in [0, 0.05) is 12.6 Å². The monoisotopic (exact) mass is 290 g/mol. The second-order valence-corrected chi connectivity index (χ2v) is 6.92. The first-order chi connectivity index (χ1) is 9.65. The number of benzene rings is 2. The van der Waals surface area contributed by atoms with Crippen molar-refractivity contribution >= 4 is 20.8 Å². The third-order valence-electron chi connectivity index (χ3n) is 3.71. The van der Waals surface area contributed by atoms with Crippen molar-refractivity contribution in [3.8, 4) is 0 Å². The van der Waals surface area contributed by atoms with Crippen LogP contribution in [0, 0.1) is 0 Å². The van der Waals surface area contributed by atoms with Crippen molar-refractivity contribution < 1.29 is 8.42 Å². The van der Waals surface area contributed by atoms with Crippen LogP contribution in [0.4, 0.5) is 0 Å². The summed E-state index contributed by atoms with van der Waals surface area (Å²) in [5.74, 6) is 0. The van der Waals surface area contributed by atoms with Crippen LogP contribution in [-0.4, -0.2) is 27.5 Å². The molecule has 2 aromatic rings. The van der Waals surface area contributed by atoms with Gasteiger partial charge in [0.2, 0.25) is 10.0 Å². The summed E-state index contributed by atoms with van der Waals surface area (Å²) in [4.78, 5) is 0.328. The Morgan fingerprint density at radius 1 is 1.15 bits per heavy atom. The first-order valence-corrected chi connectivity index (χ1v) is 8.35. The first kappa shape index (κ1) is 13.5. The molecule has 0 spiro atoms. The second kappa shape index (κ2) is 5.52. The molecule has 0 bridgehead atoms. The Kier molecular flexibility index (Phi) is 3.74. The van der Waals surface area contributed by atoms with E-state index in [0.717, 1.165) is 30.2 Å². The zero-order valence-corrected chi connectivity index (χ0v) is 12.0. The average molecular weight is 290 g/mol. The van der Waals surface area contributed by atoms with Crippen molar-refractivity contribution in [2.75, 3.05) is 13.1 Å². The van der Waals surface area contributed by atoms with E-state index in [0.29, 0.717) is 11.4 Å². The molecular weight excluding hydrogens is 272 g/mol. The van der Waals surface area contributed by atoms with Gasteiger partial charge < -0.3 is 5.32 Å². The van der Waals surface area contributed by atoms with E-state index in [9.17, 15) is 8.42 Å². The molecule has 2 N–H and O–H groups in total. The Morgan fingerprint density at radius 3 is 2.70 bits per heavy atom.